The fourth-order valence-corrected chi connectivity index (χ4v) is 1.23. The maximum absolute atomic E-state index is 8.71. The van der Waals surface area contributed by atoms with Gasteiger partial charge in [0, 0.05) is 14.1 Å². The minimum absolute atomic E-state index is 0. The summed E-state index contributed by atoms with van der Waals surface area (Å²) in [5, 5.41) is 12.8. The van der Waals surface area contributed by atoms with Crippen molar-refractivity contribution in [2.75, 3.05) is 25.6 Å². The van der Waals surface area contributed by atoms with Crippen LogP contribution < -0.4 is 4.90 Å². The smallest absolute Gasteiger partial charge is 0.224 e. The average molecular weight is 272 g/mol. The van der Waals surface area contributed by atoms with Crippen molar-refractivity contribution in [3.8, 4) is 0 Å². The largest absolute Gasteiger partial charge is 0.394 e. The monoisotopic (exact) mass is 270 g/mol. The summed E-state index contributed by atoms with van der Waals surface area (Å²) >= 11 is 3.17. The SMILES string of the molecule is CN(C)c1nc(Br)nn1CCO.Cl. The van der Waals surface area contributed by atoms with Crippen LogP contribution in [-0.4, -0.2) is 40.6 Å². The fourth-order valence-electron chi connectivity index (χ4n) is 0.883. The summed E-state index contributed by atoms with van der Waals surface area (Å²) in [6.07, 6.45) is 0. The average Bonchev–Trinajstić information content (AvgIpc) is 2.32. The summed E-state index contributed by atoms with van der Waals surface area (Å²) in [6, 6.07) is 0. The fraction of sp³-hybridized carbons (Fsp3) is 0.667. The van der Waals surface area contributed by atoms with Crippen molar-refractivity contribution in [1.82, 2.24) is 14.8 Å². The molecule has 0 amide bonds. The van der Waals surface area contributed by atoms with E-state index >= 15 is 0 Å². The Morgan fingerprint density at radius 2 is 2.15 bits per heavy atom. The first-order chi connectivity index (χ1) is 5.65. The lowest BCUT2D eigenvalue weighted by molar-refractivity contribution is 0.269. The molecule has 13 heavy (non-hydrogen) atoms. The standard InChI is InChI=1S/C6H11BrN4O.ClH/c1-10(2)6-8-5(7)9-11(6)3-4-12;/h12H,3-4H2,1-2H3;1H. The number of aromatic nitrogens is 3. The Bertz CT molecular complexity index is 265. The van der Waals surface area contributed by atoms with Crippen LogP contribution in [0.1, 0.15) is 0 Å². The molecule has 1 heterocycles. The van der Waals surface area contributed by atoms with Crippen LogP contribution in [0.25, 0.3) is 0 Å². The van der Waals surface area contributed by atoms with Gasteiger partial charge in [0.1, 0.15) is 0 Å². The van der Waals surface area contributed by atoms with Gasteiger partial charge in [-0.25, -0.2) is 4.68 Å². The molecule has 1 rings (SSSR count). The molecule has 0 unspecified atom stereocenters. The second-order valence-electron chi connectivity index (χ2n) is 2.52. The molecule has 0 aliphatic rings. The first kappa shape index (κ1) is 12.7. The van der Waals surface area contributed by atoms with Gasteiger partial charge < -0.3 is 10.0 Å². The van der Waals surface area contributed by atoms with Crippen LogP contribution in [0.4, 0.5) is 5.95 Å². The van der Waals surface area contributed by atoms with Crippen molar-refractivity contribution in [3.05, 3.63) is 4.73 Å². The normalized spacial score (nSPS) is 9.54. The number of rotatable bonds is 3. The molecular weight excluding hydrogens is 259 g/mol. The Morgan fingerprint density at radius 1 is 1.54 bits per heavy atom. The van der Waals surface area contributed by atoms with E-state index in [1.165, 1.54) is 0 Å². The van der Waals surface area contributed by atoms with Crippen LogP contribution in [0.15, 0.2) is 4.73 Å². The third kappa shape index (κ3) is 3.13. The predicted molar refractivity (Wildman–Crippen MR) is 56.4 cm³/mol. The van der Waals surface area contributed by atoms with Gasteiger partial charge in [-0.3, -0.25) is 0 Å². The van der Waals surface area contributed by atoms with E-state index in [1.54, 1.807) is 4.68 Å². The van der Waals surface area contributed by atoms with Gasteiger partial charge >= 0.3 is 0 Å². The van der Waals surface area contributed by atoms with Crippen molar-refractivity contribution in [2.24, 2.45) is 0 Å². The molecule has 0 saturated heterocycles. The Balaban J connectivity index is 0.00000144. The predicted octanol–water partition coefficient (Wildman–Crippen LogP) is 0.521. The third-order valence-corrected chi connectivity index (χ3v) is 1.67. The number of anilines is 1. The topological polar surface area (TPSA) is 54.2 Å². The summed E-state index contributed by atoms with van der Waals surface area (Å²) in [6.45, 7) is 0.531. The molecule has 0 spiro atoms. The quantitative estimate of drug-likeness (QED) is 0.871. The van der Waals surface area contributed by atoms with Crippen LogP contribution in [-0.2, 0) is 6.54 Å². The minimum Gasteiger partial charge on any atom is -0.394 e. The van der Waals surface area contributed by atoms with Gasteiger partial charge in [0.15, 0.2) is 0 Å². The molecule has 0 fully saturated rings. The van der Waals surface area contributed by atoms with Crippen LogP contribution in [0.2, 0.25) is 0 Å². The molecule has 0 atom stereocenters. The lowest BCUT2D eigenvalue weighted by atomic mass is 10.7. The van der Waals surface area contributed by atoms with Crippen molar-refractivity contribution < 1.29 is 5.11 Å². The van der Waals surface area contributed by atoms with Gasteiger partial charge in [0.05, 0.1) is 13.2 Å². The highest BCUT2D eigenvalue weighted by Gasteiger charge is 2.08. The lowest BCUT2D eigenvalue weighted by Crippen LogP contribution is -2.17. The van der Waals surface area contributed by atoms with E-state index < -0.39 is 0 Å². The highest BCUT2D eigenvalue weighted by atomic mass is 79.9. The highest BCUT2D eigenvalue weighted by Crippen LogP contribution is 2.11. The number of nitrogens with zero attached hydrogens (tertiary/aromatic N) is 4. The number of aliphatic hydroxyl groups is 1. The second kappa shape index (κ2) is 5.41. The van der Waals surface area contributed by atoms with E-state index in [0.717, 1.165) is 5.95 Å². The highest BCUT2D eigenvalue weighted by molar-refractivity contribution is 9.10. The van der Waals surface area contributed by atoms with Crippen molar-refractivity contribution in [2.45, 2.75) is 6.54 Å². The van der Waals surface area contributed by atoms with Crippen LogP contribution in [0.3, 0.4) is 0 Å². The van der Waals surface area contributed by atoms with Crippen LogP contribution >= 0.6 is 28.3 Å². The molecule has 0 aromatic carbocycles. The maximum Gasteiger partial charge on any atom is 0.224 e. The van der Waals surface area contributed by atoms with Gasteiger partial charge in [0.25, 0.3) is 0 Å². The second-order valence-corrected chi connectivity index (χ2v) is 3.23. The summed E-state index contributed by atoms with van der Waals surface area (Å²) in [5.41, 5.74) is 0. The Labute approximate surface area is 91.3 Å². The molecule has 0 aliphatic heterocycles. The molecule has 0 saturated carbocycles. The van der Waals surface area contributed by atoms with E-state index in [0.29, 0.717) is 11.3 Å². The van der Waals surface area contributed by atoms with Crippen LogP contribution in [0.5, 0.6) is 0 Å². The Morgan fingerprint density at radius 3 is 2.62 bits per heavy atom. The van der Waals surface area contributed by atoms with Crippen LogP contribution in [0, 0.1) is 0 Å². The number of hydrogen-bond acceptors (Lipinski definition) is 4. The zero-order chi connectivity index (χ0) is 9.14. The minimum atomic E-state index is 0. The lowest BCUT2D eigenvalue weighted by Gasteiger charge is -2.10. The molecule has 1 N–H and O–H groups in total. The Hall–Kier alpha value is -0.330. The van der Waals surface area contributed by atoms with E-state index in [1.807, 2.05) is 19.0 Å². The van der Waals surface area contributed by atoms with Gasteiger partial charge in [-0.1, -0.05) is 0 Å². The number of hydrogen-bond donors (Lipinski definition) is 1. The third-order valence-electron chi connectivity index (χ3n) is 1.34. The maximum atomic E-state index is 8.71. The zero-order valence-corrected chi connectivity index (χ0v) is 9.84. The number of halogens is 2. The molecule has 0 radical (unpaired) electrons. The molecule has 1 aromatic rings. The molecule has 7 heteroatoms. The molecule has 76 valence electrons. The first-order valence-electron chi connectivity index (χ1n) is 3.53. The van der Waals surface area contributed by atoms with Gasteiger partial charge in [-0.15, -0.1) is 17.5 Å². The molecular formula is C6H12BrClN4O. The van der Waals surface area contributed by atoms with E-state index in [4.69, 9.17) is 5.11 Å². The molecule has 1 aromatic heterocycles. The summed E-state index contributed by atoms with van der Waals surface area (Å²) in [5.74, 6) is 0.732. The Kier molecular flexibility index (Phi) is 5.27. The van der Waals surface area contributed by atoms with Crippen molar-refractivity contribution >= 4 is 34.3 Å². The summed E-state index contributed by atoms with van der Waals surface area (Å²) < 4.78 is 2.18. The van der Waals surface area contributed by atoms with E-state index in [2.05, 4.69) is 26.0 Å². The van der Waals surface area contributed by atoms with E-state index in [-0.39, 0.29) is 19.0 Å². The first-order valence-corrected chi connectivity index (χ1v) is 4.33. The van der Waals surface area contributed by atoms with Gasteiger partial charge in [-0.2, -0.15) is 4.98 Å². The van der Waals surface area contributed by atoms with Crippen molar-refractivity contribution in [3.63, 3.8) is 0 Å². The van der Waals surface area contributed by atoms with Gasteiger partial charge in [0.2, 0.25) is 10.7 Å². The molecule has 5 nitrogen and oxygen atoms in total. The molecule has 0 bridgehead atoms. The van der Waals surface area contributed by atoms with E-state index in [9.17, 15) is 0 Å². The molecule has 0 aliphatic carbocycles. The summed E-state index contributed by atoms with van der Waals surface area (Å²) in [4.78, 5) is 5.95. The van der Waals surface area contributed by atoms with Crippen molar-refractivity contribution in [1.29, 1.82) is 0 Å². The zero-order valence-electron chi connectivity index (χ0n) is 7.44. The van der Waals surface area contributed by atoms with Gasteiger partial charge in [-0.05, 0) is 15.9 Å². The number of aliphatic hydroxyl groups excluding tert-OH is 1. The summed E-state index contributed by atoms with van der Waals surface area (Å²) in [7, 11) is 3.76.